The summed E-state index contributed by atoms with van der Waals surface area (Å²) in [4.78, 5) is 15.7. The molecule has 2 aliphatic rings. The maximum absolute atomic E-state index is 5.72. The van der Waals surface area contributed by atoms with Crippen LogP contribution in [0.15, 0.2) is 79.0 Å². The van der Waals surface area contributed by atoms with Gasteiger partial charge in [-0.2, -0.15) is 0 Å². The second-order valence-electron chi connectivity index (χ2n) is 8.99. The predicted octanol–water partition coefficient (Wildman–Crippen LogP) is 5.51. The zero-order valence-corrected chi connectivity index (χ0v) is 19.8. The Morgan fingerprint density at radius 3 is 2.72 bits per heavy atom. The van der Waals surface area contributed by atoms with Crippen molar-refractivity contribution in [3.63, 3.8) is 0 Å². The summed E-state index contributed by atoms with van der Waals surface area (Å²) >= 11 is 0. The maximum atomic E-state index is 5.72. The van der Waals surface area contributed by atoms with E-state index in [9.17, 15) is 0 Å². The van der Waals surface area contributed by atoms with Crippen molar-refractivity contribution in [1.29, 1.82) is 0 Å². The first-order valence-electron chi connectivity index (χ1n) is 12.0. The lowest BCUT2D eigenvalue weighted by molar-refractivity contribution is 0.174. The predicted molar refractivity (Wildman–Crippen MR) is 138 cm³/mol. The molecular formula is C29H24N4O3. The number of nitrogens with zero attached hydrogens (tertiary/aromatic N) is 3. The molecule has 36 heavy (non-hydrogen) atoms. The van der Waals surface area contributed by atoms with Gasteiger partial charge in [-0.05, 0) is 66.1 Å². The van der Waals surface area contributed by atoms with Crippen molar-refractivity contribution in [2.45, 2.75) is 12.5 Å². The highest BCUT2D eigenvalue weighted by Crippen LogP contribution is 2.43. The van der Waals surface area contributed by atoms with E-state index in [2.05, 4.69) is 46.3 Å². The Kier molecular flexibility index (Phi) is 4.80. The lowest BCUT2D eigenvalue weighted by atomic mass is 9.92. The van der Waals surface area contributed by atoms with Crippen LogP contribution in [-0.2, 0) is 6.42 Å². The van der Waals surface area contributed by atoms with Crippen LogP contribution in [-0.4, -0.2) is 35.4 Å². The number of anilines is 1. The minimum absolute atomic E-state index is 0.0956. The van der Waals surface area contributed by atoms with Gasteiger partial charge in [0.2, 0.25) is 12.7 Å². The van der Waals surface area contributed by atoms with E-state index in [-0.39, 0.29) is 12.8 Å². The molecular weight excluding hydrogens is 452 g/mol. The van der Waals surface area contributed by atoms with Crippen LogP contribution in [0.25, 0.3) is 22.2 Å². The van der Waals surface area contributed by atoms with Gasteiger partial charge in [0, 0.05) is 34.9 Å². The molecule has 7 rings (SSSR count). The summed E-state index contributed by atoms with van der Waals surface area (Å²) in [5.74, 6) is 3.05. The molecule has 178 valence electrons. The minimum atomic E-state index is -0.0956. The average Bonchev–Trinajstić information content (AvgIpc) is 3.57. The molecule has 1 unspecified atom stereocenters. The molecule has 2 aliphatic heterocycles. The van der Waals surface area contributed by atoms with Crippen molar-refractivity contribution < 1.29 is 14.2 Å². The number of fused-ring (bicyclic) bond motifs is 4. The highest BCUT2D eigenvalue weighted by atomic mass is 16.7. The molecule has 0 saturated heterocycles. The zero-order chi connectivity index (χ0) is 24.1. The van der Waals surface area contributed by atoms with E-state index in [0.29, 0.717) is 5.95 Å². The second kappa shape index (κ2) is 8.30. The number of methoxy groups -OCH3 is 1. The van der Waals surface area contributed by atoms with Crippen LogP contribution in [0, 0.1) is 0 Å². The zero-order valence-electron chi connectivity index (χ0n) is 19.8. The second-order valence-corrected chi connectivity index (χ2v) is 8.99. The lowest BCUT2D eigenvalue weighted by Crippen LogP contribution is -2.37. The number of H-pyrrole nitrogens is 1. The number of aromatic amines is 1. The Labute approximate surface area is 208 Å². The first-order valence-corrected chi connectivity index (χ1v) is 12.0. The summed E-state index contributed by atoms with van der Waals surface area (Å²) in [5, 5.41) is 1.27. The normalized spacial score (nSPS) is 16.2. The summed E-state index contributed by atoms with van der Waals surface area (Å²) < 4.78 is 16.6. The number of hydrogen-bond acceptors (Lipinski definition) is 6. The van der Waals surface area contributed by atoms with E-state index in [1.54, 1.807) is 7.11 Å². The smallest absolute Gasteiger partial charge is 0.231 e. The van der Waals surface area contributed by atoms with Crippen molar-refractivity contribution in [3.8, 4) is 28.5 Å². The molecule has 0 radical (unpaired) electrons. The molecule has 1 N–H and O–H groups in total. The van der Waals surface area contributed by atoms with Crippen LogP contribution >= 0.6 is 0 Å². The molecule has 0 bridgehead atoms. The molecule has 0 spiro atoms. The molecule has 0 saturated carbocycles. The summed E-state index contributed by atoms with van der Waals surface area (Å²) in [6.45, 7) is 1.04. The number of aromatic nitrogens is 3. The average molecular weight is 477 g/mol. The number of rotatable bonds is 4. The number of ether oxygens (including phenoxy) is 3. The molecule has 4 heterocycles. The lowest BCUT2D eigenvalue weighted by Gasteiger charge is -2.36. The molecule has 0 aliphatic carbocycles. The fourth-order valence-electron chi connectivity index (χ4n) is 5.30. The highest BCUT2D eigenvalue weighted by molar-refractivity contribution is 5.86. The molecule has 5 aromatic rings. The van der Waals surface area contributed by atoms with Crippen molar-refractivity contribution in [1.82, 2.24) is 15.0 Å². The van der Waals surface area contributed by atoms with E-state index in [0.717, 1.165) is 52.6 Å². The van der Waals surface area contributed by atoms with Gasteiger partial charge in [-0.3, -0.25) is 0 Å². The van der Waals surface area contributed by atoms with Crippen LogP contribution in [0.1, 0.15) is 22.9 Å². The Hall–Kier alpha value is -4.52. The van der Waals surface area contributed by atoms with E-state index in [1.165, 1.54) is 16.6 Å². The summed E-state index contributed by atoms with van der Waals surface area (Å²) in [6, 6.07) is 24.5. The molecule has 7 heteroatoms. The Morgan fingerprint density at radius 1 is 0.972 bits per heavy atom. The van der Waals surface area contributed by atoms with Crippen LogP contribution in [0.2, 0.25) is 0 Å². The number of para-hydroxylation sites is 1. The van der Waals surface area contributed by atoms with Crippen LogP contribution < -0.4 is 19.1 Å². The van der Waals surface area contributed by atoms with E-state index >= 15 is 0 Å². The van der Waals surface area contributed by atoms with Crippen molar-refractivity contribution in [2.75, 3.05) is 25.3 Å². The van der Waals surface area contributed by atoms with E-state index in [1.807, 2.05) is 42.6 Å². The van der Waals surface area contributed by atoms with Gasteiger partial charge in [0.1, 0.15) is 5.75 Å². The molecule has 0 amide bonds. The van der Waals surface area contributed by atoms with Gasteiger partial charge in [0.25, 0.3) is 0 Å². The molecule has 3 aromatic carbocycles. The van der Waals surface area contributed by atoms with Crippen LogP contribution in [0.5, 0.6) is 17.2 Å². The number of benzene rings is 3. The maximum Gasteiger partial charge on any atom is 0.231 e. The third kappa shape index (κ3) is 3.35. The van der Waals surface area contributed by atoms with E-state index < -0.39 is 0 Å². The van der Waals surface area contributed by atoms with Gasteiger partial charge in [-0.1, -0.05) is 24.3 Å². The van der Waals surface area contributed by atoms with Crippen LogP contribution in [0.3, 0.4) is 0 Å². The SMILES string of the molecule is COc1ccc(-c2ccnc(N3CCc4c([nH]c5ccccc45)C3c3ccc4c(c3)OCO4)n2)cc1. The summed E-state index contributed by atoms with van der Waals surface area (Å²) in [6.07, 6.45) is 2.73. The molecule has 0 fully saturated rings. The largest absolute Gasteiger partial charge is 0.497 e. The summed E-state index contributed by atoms with van der Waals surface area (Å²) in [7, 11) is 1.67. The first kappa shape index (κ1) is 20.8. The third-order valence-electron chi connectivity index (χ3n) is 7.03. The third-order valence-corrected chi connectivity index (χ3v) is 7.03. The standard InChI is InChI=1S/C29H24N4O3/c1-34-20-9-6-18(7-10-20)23-12-14-30-29(32-23)33-15-13-22-21-4-2-3-5-24(21)31-27(22)28(33)19-8-11-25-26(16-19)36-17-35-25/h2-12,14,16,28,31H,13,15,17H2,1H3. The minimum Gasteiger partial charge on any atom is -0.497 e. The van der Waals surface area contributed by atoms with Gasteiger partial charge in [-0.25, -0.2) is 9.97 Å². The van der Waals surface area contributed by atoms with Gasteiger partial charge in [0.05, 0.1) is 18.8 Å². The van der Waals surface area contributed by atoms with Crippen molar-refractivity contribution in [2.24, 2.45) is 0 Å². The fourth-order valence-corrected chi connectivity index (χ4v) is 5.30. The van der Waals surface area contributed by atoms with Gasteiger partial charge < -0.3 is 24.1 Å². The number of nitrogens with one attached hydrogen (secondary N) is 1. The van der Waals surface area contributed by atoms with Gasteiger partial charge >= 0.3 is 0 Å². The fraction of sp³-hybridized carbons (Fsp3) is 0.172. The van der Waals surface area contributed by atoms with Gasteiger partial charge in [0.15, 0.2) is 11.5 Å². The van der Waals surface area contributed by atoms with Gasteiger partial charge in [-0.15, -0.1) is 0 Å². The first-order chi connectivity index (χ1) is 17.8. The quantitative estimate of drug-likeness (QED) is 0.369. The highest BCUT2D eigenvalue weighted by Gasteiger charge is 2.34. The molecule has 2 aromatic heterocycles. The Bertz CT molecular complexity index is 1580. The van der Waals surface area contributed by atoms with Crippen molar-refractivity contribution in [3.05, 3.63) is 95.8 Å². The topological polar surface area (TPSA) is 72.5 Å². The van der Waals surface area contributed by atoms with E-state index in [4.69, 9.17) is 24.2 Å². The Morgan fingerprint density at radius 2 is 1.83 bits per heavy atom. The van der Waals surface area contributed by atoms with Crippen molar-refractivity contribution >= 4 is 16.9 Å². The summed E-state index contributed by atoms with van der Waals surface area (Å²) in [5.41, 5.74) is 6.64. The monoisotopic (exact) mass is 476 g/mol. The number of hydrogen-bond donors (Lipinski definition) is 1. The Balaban J connectivity index is 1.35. The molecule has 1 atom stereocenters. The molecule has 7 nitrogen and oxygen atoms in total. The van der Waals surface area contributed by atoms with Crippen LogP contribution in [0.4, 0.5) is 5.95 Å².